The summed E-state index contributed by atoms with van der Waals surface area (Å²) in [5, 5.41) is 5.73. The smallest absolute Gasteiger partial charge is 0.261 e. The Kier molecular flexibility index (Phi) is 5.29. The molecule has 1 amide bonds. The minimum atomic E-state index is -0.373. The maximum atomic E-state index is 12.0. The Labute approximate surface area is 123 Å². The van der Waals surface area contributed by atoms with Gasteiger partial charge in [0.15, 0.2) is 0 Å². The fourth-order valence-electron chi connectivity index (χ4n) is 2.00. The zero-order chi connectivity index (χ0) is 15.1. The van der Waals surface area contributed by atoms with Crippen LogP contribution >= 0.6 is 0 Å². The summed E-state index contributed by atoms with van der Waals surface area (Å²) in [6.07, 6.45) is 0.822. The fraction of sp³-hybridized carbons (Fsp3) is 0.250. The average Bonchev–Trinajstić information content (AvgIpc) is 2.52. The topological polar surface area (TPSA) is 74.0 Å². The van der Waals surface area contributed by atoms with Crippen LogP contribution in [0.25, 0.3) is 11.3 Å². The van der Waals surface area contributed by atoms with Crippen molar-refractivity contribution in [3.05, 3.63) is 58.4 Å². The van der Waals surface area contributed by atoms with E-state index in [9.17, 15) is 9.59 Å². The second kappa shape index (κ2) is 7.40. The zero-order valence-electron chi connectivity index (χ0n) is 12.0. The zero-order valence-corrected chi connectivity index (χ0v) is 12.0. The van der Waals surface area contributed by atoms with Crippen molar-refractivity contribution < 1.29 is 4.79 Å². The molecule has 5 heteroatoms. The summed E-state index contributed by atoms with van der Waals surface area (Å²) in [5.41, 5.74) is 1.38. The lowest BCUT2D eigenvalue weighted by molar-refractivity contribution is 0.0952. The van der Waals surface area contributed by atoms with Gasteiger partial charge < -0.3 is 15.6 Å². The lowest BCUT2D eigenvalue weighted by Crippen LogP contribution is -2.31. The maximum absolute atomic E-state index is 12.0. The van der Waals surface area contributed by atoms with E-state index in [1.54, 1.807) is 12.1 Å². The summed E-state index contributed by atoms with van der Waals surface area (Å²) in [4.78, 5) is 26.7. The SMILES string of the molecule is CNCCCNC(=O)c1ccc(-c2ccccc2)[nH]c1=O. The van der Waals surface area contributed by atoms with E-state index < -0.39 is 0 Å². The van der Waals surface area contributed by atoms with Crippen LogP contribution in [0.5, 0.6) is 0 Å². The standard InChI is InChI=1S/C16H19N3O2/c1-17-10-5-11-18-15(20)13-8-9-14(19-16(13)21)12-6-3-2-4-7-12/h2-4,6-9,17H,5,10-11H2,1H3,(H,18,20)(H,19,21). The predicted molar refractivity (Wildman–Crippen MR) is 83.4 cm³/mol. The highest BCUT2D eigenvalue weighted by Crippen LogP contribution is 2.14. The highest BCUT2D eigenvalue weighted by Gasteiger charge is 2.10. The van der Waals surface area contributed by atoms with E-state index in [1.165, 1.54) is 0 Å². The fourth-order valence-corrected chi connectivity index (χ4v) is 2.00. The molecule has 5 nitrogen and oxygen atoms in total. The van der Waals surface area contributed by atoms with Crippen LogP contribution in [-0.4, -0.2) is 31.0 Å². The number of amides is 1. The number of H-pyrrole nitrogens is 1. The van der Waals surface area contributed by atoms with Gasteiger partial charge in [-0.3, -0.25) is 9.59 Å². The van der Waals surface area contributed by atoms with Crippen molar-refractivity contribution in [3.8, 4) is 11.3 Å². The van der Waals surface area contributed by atoms with Crippen LogP contribution in [0.3, 0.4) is 0 Å². The van der Waals surface area contributed by atoms with Gasteiger partial charge in [-0.2, -0.15) is 0 Å². The Morgan fingerprint density at radius 3 is 2.52 bits per heavy atom. The molecule has 110 valence electrons. The molecule has 0 aliphatic heterocycles. The first kappa shape index (κ1) is 15.0. The molecule has 2 rings (SSSR count). The number of rotatable bonds is 6. The van der Waals surface area contributed by atoms with Crippen LogP contribution in [0.2, 0.25) is 0 Å². The van der Waals surface area contributed by atoms with Crippen LogP contribution < -0.4 is 16.2 Å². The Balaban J connectivity index is 2.09. The number of carbonyl (C=O) groups excluding carboxylic acids is 1. The first-order valence-corrected chi connectivity index (χ1v) is 6.94. The third kappa shape index (κ3) is 4.03. The number of nitrogens with one attached hydrogen (secondary N) is 3. The molecule has 0 saturated carbocycles. The molecule has 0 aliphatic rings. The first-order chi connectivity index (χ1) is 10.2. The molecule has 1 aromatic carbocycles. The van der Waals surface area contributed by atoms with Crippen molar-refractivity contribution in [2.24, 2.45) is 0 Å². The van der Waals surface area contributed by atoms with Crippen LogP contribution in [0.4, 0.5) is 0 Å². The number of aromatic nitrogens is 1. The maximum Gasteiger partial charge on any atom is 0.261 e. The summed E-state index contributed by atoms with van der Waals surface area (Å²) in [6.45, 7) is 1.36. The van der Waals surface area contributed by atoms with Gasteiger partial charge in [0.05, 0.1) is 0 Å². The number of hydrogen-bond donors (Lipinski definition) is 3. The monoisotopic (exact) mass is 285 g/mol. The molecule has 1 heterocycles. The van der Waals surface area contributed by atoms with E-state index in [1.807, 2.05) is 37.4 Å². The number of benzene rings is 1. The molecule has 0 aliphatic carbocycles. The third-order valence-corrected chi connectivity index (χ3v) is 3.13. The Hall–Kier alpha value is -2.40. The predicted octanol–water partition coefficient (Wildman–Crippen LogP) is 1.38. The summed E-state index contributed by atoms with van der Waals surface area (Å²) >= 11 is 0. The number of carbonyl (C=O) groups is 1. The van der Waals surface area contributed by atoms with Gasteiger partial charge in [-0.1, -0.05) is 30.3 Å². The third-order valence-electron chi connectivity index (χ3n) is 3.13. The van der Waals surface area contributed by atoms with Crippen molar-refractivity contribution >= 4 is 5.91 Å². The number of aromatic amines is 1. The lowest BCUT2D eigenvalue weighted by Gasteiger charge is -2.06. The van der Waals surface area contributed by atoms with Gasteiger partial charge in [-0.05, 0) is 37.7 Å². The van der Waals surface area contributed by atoms with Gasteiger partial charge >= 0.3 is 0 Å². The molecule has 3 N–H and O–H groups in total. The van der Waals surface area contributed by atoms with Crippen molar-refractivity contribution in [1.82, 2.24) is 15.6 Å². The first-order valence-electron chi connectivity index (χ1n) is 6.94. The van der Waals surface area contributed by atoms with Crippen LogP contribution in [0, 0.1) is 0 Å². The Bertz CT molecular complexity index is 650. The molecule has 0 spiro atoms. The molecule has 0 fully saturated rings. The van der Waals surface area contributed by atoms with Gasteiger partial charge in [0.1, 0.15) is 5.56 Å². The molecule has 1 aromatic heterocycles. The molecule has 0 atom stereocenters. The van der Waals surface area contributed by atoms with Gasteiger partial charge in [0.25, 0.3) is 11.5 Å². The molecule has 0 unspecified atom stereocenters. The Morgan fingerprint density at radius 1 is 1.10 bits per heavy atom. The van der Waals surface area contributed by atoms with E-state index in [4.69, 9.17) is 0 Å². The second-order valence-corrected chi connectivity index (χ2v) is 4.69. The second-order valence-electron chi connectivity index (χ2n) is 4.69. The van der Waals surface area contributed by atoms with Gasteiger partial charge in [0.2, 0.25) is 0 Å². The van der Waals surface area contributed by atoms with Crippen LogP contribution in [-0.2, 0) is 0 Å². The van der Waals surface area contributed by atoms with E-state index in [-0.39, 0.29) is 17.0 Å². The van der Waals surface area contributed by atoms with Crippen molar-refractivity contribution in [3.63, 3.8) is 0 Å². The van der Waals surface area contributed by atoms with Crippen molar-refractivity contribution in [1.29, 1.82) is 0 Å². The summed E-state index contributed by atoms with van der Waals surface area (Å²) in [5.74, 6) is -0.341. The van der Waals surface area contributed by atoms with Gasteiger partial charge in [-0.25, -0.2) is 0 Å². The van der Waals surface area contributed by atoms with E-state index in [2.05, 4.69) is 15.6 Å². The summed E-state index contributed by atoms with van der Waals surface area (Å²) in [7, 11) is 1.86. The normalized spacial score (nSPS) is 10.3. The molecule has 0 saturated heterocycles. The molecule has 21 heavy (non-hydrogen) atoms. The quantitative estimate of drug-likeness (QED) is 0.702. The van der Waals surface area contributed by atoms with Crippen molar-refractivity contribution in [2.75, 3.05) is 20.1 Å². The summed E-state index contributed by atoms with van der Waals surface area (Å²) in [6, 6.07) is 12.8. The summed E-state index contributed by atoms with van der Waals surface area (Å²) < 4.78 is 0. The molecule has 0 bridgehead atoms. The minimum absolute atomic E-state index is 0.138. The van der Waals surface area contributed by atoms with Gasteiger partial charge in [0, 0.05) is 12.2 Å². The number of hydrogen-bond acceptors (Lipinski definition) is 3. The lowest BCUT2D eigenvalue weighted by atomic mass is 10.1. The Morgan fingerprint density at radius 2 is 1.86 bits per heavy atom. The highest BCUT2D eigenvalue weighted by molar-refractivity contribution is 5.94. The minimum Gasteiger partial charge on any atom is -0.352 e. The van der Waals surface area contributed by atoms with Crippen LogP contribution in [0.15, 0.2) is 47.3 Å². The highest BCUT2D eigenvalue weighted by atomic mass is 16.2. The molecule has 0 radical (unpaired) electrons. The van der Waals surface area contributed by atoms with E-state index >= 15 is 0 Å². The average molecular weight is 285 g/mol. The van der Waals surface area contributed by atoms with Crippen LogP contribution in [0.1, 0.15) is 16.8 Å². The molecular formula is C16H19N3O2. The van der Waals surface area contributed by atoms with E-state index in [0.717, 1.165) is 18.5 Å². The van der Waals surface area contributed by atoms with E-state index in [0.29, 0.717) is 12.2 Å². The number of pyridine rings is 1. The molecule has 2 aromatic rings. The van der Waals surface area contributed by atoms with Gasteiger partial charge in [-0.15, -0.1) is 0 Å². The van der Waals surface area contributed by atoms with Crippen molar-refractivity contribution in [2.45, 2.75) is 6.42 Å². The largest absolute Gasteiger partial charge is 0.352 e. The molecular weight excluding hydrogens is 266 g/mol.